The number of halogens is 1. The van der Waals surface area contributed by atoms with Crippen LogP contribution in [0, 0.1) is 6.92 Å². The van der Waals surface area contributed by atoms with E-state index < -0.39 is 10.1 Å². The van der Waals surface area contributed by atoms with Gasteiger partial charge in [0.2, 0.25) is 0 Å². The number of ether oxygens (including phenoxy) is 1. The van der Waals surface area contributed by atoms with E-state index in [1.54, 1.807) is 31.2 Å². The monoisotopic (exact) mass is 424 g/mol. The summed E-state index contributed by atoms with van der Waals surface area (Å²) in [5, 5.41) is -0.00679. The van der Waals surface area contributed by atoms with Gasteiger partial charge in [-0.25, -0.2) is 0 Å². The molecule has 0 N–H and O–H groups in total. The van der Waals surface area contributed by atoms with Crippen LogP contribution in [0.3, 0.4) is 0 Å². The average molecular weight is 425 g/mol. The second-order valence-corrected chi connectivity index (χ2v) is 7.20. The lowest BCUT2D eigenvalue weighted by Gasteiger charge is -2.14. The Morgan fingerprint density at radius 1 is 1.24 bits per heavy atom. The van der Waals surface area contributed by atoms with E-state index in [4.69, 9.17) is 8.92 Å². The number of ketones is 1. The fraction of sp³-hybridized carbons (Fsp3) is 0.167. The Balaban J connectivity index is 2.55. The zero-order valence-corrected chi connectivity index (χ0v) is 16.0. The highest BCUT2D eigenvalue weighted by Gasteiger charge is 2.26. The quantitative estimate of drug-likeness (QED) is 0.278. The van der Waals surface area contributed by atoms with Gasteiger partial charge in [-0.15, -0.1) is 0 Å². The molecule has 0 saturated carbocycles. The van der Waals surface area contributed by atoms with Crippen LogP contribution in [-0.4, -0.2) is 26.1 Å². The van der Waals surface area contributed by atoms with Gasteiger partial charge in [-0.3, -0.25) is 4.79 Å². The van der Waals surface area contributed by atoms with Crippen LogP contribution in [0.5, 0.6) is 11.5 Å². The second kappa shape index (κ2) is 8.31. The van der Waals surface area contributed by atoms with Crippen LogP contribution in [0.2, 0.25) is 0 Å². The van der Waals surface area contributed by atoms with Crippen molar-refractivity contribution in [3.05, 3.63) is 66.2 Å². The smallest absolute Gasteiger partial charge is 0.340 e. The SMILES string of the molecule is C=CCOc1cc(S(=O)(=O)Oc2ccccc2)c(C(=O)CBr)cc1C. The first kappa shape index (κ1) is 19.2. The van der Waals surface area contributed by atoms with Crippen molar-refractivity contribution in [1.29, 1.82) is 0 Å². The molecule has 0 unspecified atom stereocenters. The van der Waals surface area contributed by atoms with E-state index in [2.05, 4.69) is 22.5 Å². The summed E-state index contributed by atoms with van der Waals surface area (Å²) in [6, 6.07) is 10.9. The maximum absolute atomic E-state index is 12.7. The van der Waals surface area contributed by atoms with Gasteiger partial charge in [0.25, 0.3) is 0 Å². The number of hydrogen-bond donors (Lipinski definition) is 0. The lowest BCUT2D eigenvalue weighted by atomic mass is 10.1. The number of aryl methyl sites for hydroxylation is 1. The molecule has 0 heterocycles. The lowest BCUT2D eigenvalue weighted by Crippen LogP contribution is -2.16. The van der Waals surface area contributed by atoms with Crippen LogP contribution in [0.4, 0.5) is 0 Å². The van der Waals surface area contributed by atoms with Crippen molar-refractivity contribution in [3.63, 3.8) is 0 Å². The van der Waals surface area contributed by atoms with Gasteiger partial charge >= 0.3 is 10.1 Å². The van der Waals surface area contributed by atoms with Crippen molar-refractivity contribution in [2.45, 2.75) is 11.8 Å². The molecular weight excluding hydrogens is 408 g/mol. The zero-order valence-electron chi connectivity index (χ0n) is 13.6. The molecule has 0 spiro atoms. The summed E-state index contributed by atoms with van der Waals surface area (Å²) in [5.74, 6) is 0.142. The highest BCUT2D eigenvalue weighted by Crippen LogP contribution is 2.29. The molecule has 7 heteroatoms. The zero-order chi connectivity index (χ0) is 18.4. The van der Waals surface area contributed by atoms with Crippen molar-refractivity contribution < 1.29 is 22.1 Å². The first-order valence-electron chi connectivity index (χ1n) is 7.36. The number of Topliss-reactive ketones (excluding diaryl/α,β-unsaturated/α-hetero) is 1. The van der Waals surface area contributed by atoms with E-state index in [-0.39, 0.29) is 33.9 Å². The Labute approximate surface area is 155 Å². The van der Waals surface area contributed by atoms with Crippen molar-refractivity contribution in [3.8, 4) is 11.5 Å². The Morgan fingerprint density at radius 3 is 2.52 bits per heavy atom. The van der Waals surface area contributed by atoms with Crippen molar-refractivity contribution >= 4 is 31.8 Å². The molecule has 2 rings (SSSR count). The van der Waals surface area contributed by atoms with Crippen LogP contribution in [-0.2, 0) is 10.1 Å². The van der Waals surface area contributed by atoms with Crippen LogP contribution in [0.25, 0.3) is 0 Å². The molecule has 0 fully saturated rings. The van der Waals surface area contributed by atoms with Gasteiger partial charge in [0, 0.05) is 11.6 Å². The van der Waals surface area contributed by atoms with Gasteiger partial charge in [0.05, 0.1) is 5.33 Å². The second-order valence-electron chi connectivity index (χ2n) is 5.12. The summed E-state index contributed by atoms with van der Waals surface area (Å²) in [4.78, 5) is 12.0. The number of hydrogen-bond acceptors (Lipinski definition) is 5. The minimum absolute atomic E-state index is 0.00679. The van der Waals surface area contributed by atoms with Crippen molar-refractivity contribution in [2.24, 2.45) is 0 Å². The molecule has 0 aliphatic heterocycles. The van der Waals surface area contributed by atoms with Crippen LogP contribution in [0.15, 0.2) is 60.0 Å². The predicted molar refractivity (Wildman–Crippen MR) is 99.3 cm³/mol. The van der Waals surface area contributed by atoms with Crippen LogP contribution in [0.1, 0.15) is 15.9 Å². The minimum Gasteiger partial charge on any atom is -0.489 e. The van der Waals surface area contributed by atoms with E-state index in [9.17, 15) is 13.2 Å². The van der Waals surface area contributed by atoms with E-state index in [0.29, 0.717) is 11.3 Å². The van der Waals surface area contributed by atoms with Crippen LogP contribution < -0.4 is 8.92 Å². The highest BCUT2D eigenvalue weighted by atomic mass is 79.9. The third-order valence-corrected chi connectivity index (χ3v) is 5.07. The Bertz CT molecular complexity index is 876. The average Bonchev–Trinajstić information content (AvgIpc) is 2.60. The molecular formula is C18H17BrO5S. The van der Waals surface area contributed by atoms with Gasteiger partial charge in [-0.1, -0.05) is 46.8 Å². The summed E-state index contributed by atoms with van der Waals surface area (Å²) in [5.41, 5.74) is 0.695. The molecule has 0 atom stereocenters. The molecule has 25 heavy (non-hydrogen) atoms. The summed E-state index contributed by atoms with van der Waals surface area (Å²) in [6.07, 6.45) is 1.55. The summed E-state index contributed by atoms with van der Waals surface area (Å²) < 4.78 is 36.1. The number of rotatable bonds is 8. The maximum Gasteiger partial charge on any atom is 0.340 e. The molecule has 132 valence electrons. The van der Waals surface area contributed by atoms with E-state index in [0.717, 1.165) is 0 Å². The van der Waals surface area contributed by atoms with Crippen molar-refractivity contribution in [2.75, 3.05) is 11.9 Å². The van der Waals surface area contributed by atoms with Crippen LogP contribution >= 0.6 is 15.9 Å². The molecule has 0 aromatic heterocycles. The van der Waals surface area contributed by atoms with Gasteiger partial charge in [-0.2, -0.15) is 8.42 Å². The van der Waals surface area contributed by atoms with Gasteiger partial charge in [-0.05, 0) is 30.7 Å². The molecule has 0 bridgehead atoms. The summed E-state index contributed by atoms with van der Waals surface area (Å²) in [6.45, 7) is 5.51. The first-order chi connectivity index (χ1) is 11.9. The number of benzene rings is 2. The third-order valence-electron chi connectivity index (χ3n) is 3.27. The number of para-hydroxylation sites is 1. The van der Waals surface area contributed by atoms with E-state index >= 15 is 0 Å². The number of carbonyl (C=O) groups excluding carboxylic acids is 1. The number of alkyl halides is 1. The van der Waals surface area contributed by atoms with Gasteiger partial charge in [0.15, 0.2) is 5.78 Å². The molecule has 0 aliphatic rings. The normalized spacial score (nSPS) is 11.0. The molecule has 0 aliphatic carbocycles. The molecule has 5 nitrogen and oxygen atoms in total. The summed E-state index contributed by atoms with van der Waals surface area (Å²) in [7, 11) is -4.21. The minimum atomic E-state index is -4.21. The molecule has 2 aromatic rings. The Morgan fingerprint density at radius 2 is 1.92 bits per heavy atom. The lowest BCUT2D eigenvalue weighted by molar-refractivity contribution is 0.102. The van der Waals surface area contributed by atoms with Gasteiger partial charge in [0.1, 0.15) is 23.0 Å². The third kappa shape index (κ3) is 4.70. The van der Waals surface area contributed by atoms with Crippen molar-refractivity contribution in [1.82, 2.24) is 0 Å². The largest absolute Gasteiger partial charge is 0.489 e. The maximum atomic E-state index is 12.7. The summed E-state index contributed by atoms with van der Waals surface area (Å²) >= 11 is 3.07. The molecule has 0 radical (unpaired) electrons. The number of carbonyl (C=O) groups is 1. The fourth-order valence-electron chi connectivity index (χ4n) is 2.12. The standard InChI is InChI=1S/C18H17BrO5S/c1-3-9-23-17-11-18(15(10-13(17)2)16(20)12-19)25(21,22)24-14-7-5-4-6-8-14/h3-8,10-11H,1,9,12H2,2H3. The predicted octanol–water partition coefficient (Wildman–Crippen LogP) is 3.91. The fourth-order valence-corrected chi connectivity index (χ4v) is 3.57. The Kier molecular flexibility index (Phi) is 6.39. The highest BCUT2D eigenvalue weighted by molar-refractivity contribution is 9.09. The Hall–Kier alpha value is -2.12. The van der Waals surface area contributed by atoms with E-state index in [1.165, 1.54) is 24.3 Å². The first-order valence-corrected chi connectivity index (χ1v) is 9.89. The van der Waals surface area contributed by atoms with Gasteiger partial charge < -0.3 is 8.92 Å². The molecule has 0 saturated heterocycles. The topological polar surface area (TPSA) is 69.7 Å². The molecule has 2 aromatic carbocycles. The molecule has 0 amide bonds. The van der Waals surface area contributed by atoms with E-state index in [1.807, 2.05) is 0 Å².